The van der Waals surface area contributed by atoms with Gasteiger partial charge in [0.25, 0.3) is 0 Å². The monoisotopic (exact) mass is 399 g/mol. The van der Waals surface area contributed by atoms with E-state index in [4.69, 9.17) is 4.74 Å². The molecule has 1 heterocycles. The predicted octanol–water partition coefficient (Wildman–Crippen LogP) is 5.09. The Morgan fingerprint density at radius 3 is 2.30 bits per heavy atom. The van der Waals surface area contributed by atoms with Gasteiger partial charge < -0.3 is 9.84 Å². The number of nitrogens with zero attached hydrogens (tertiary/aromatic N) is 1. The summed E-state index contributed by atoms with van der Waals surface area (Å²) in [7, 11) is 0. The summed E-state index contributed by atoms with van der Waals surface area (Å²) in [6, 6.07) is 21.4. The van der Waals surface area contributed by atoms with E-state index in [1.165, 1.54) is 28.3 Å². The molecule has 1 amide bonds. The van der Waals surface area contributed by atoms with Crippen molar-refractivity contribution in [3.63, 3.8) is 0 Å². The minimum Gasteiger partial charge on any atom is -0.478 e. The van der Waals surface area contributed by atoms with Crippen LogP contribution in [0.3, 0.4) is 0 Å². The van der Waals surface area contributed by atoms with Gasteiger partial charge in [0, 0.05) is 12.5 Å². The Hall–Kier alpha value is -3.60. The zero-order valence-electron chi connectivity index (χ0n) is 16.4. The summed E-state index contributed by atoms with van der Waals surface area (Å²) in [5.74, 6) is -0.948. The summed E-state index contributed by atoms with van der Waals surface area (Å²) in [6.07, 6.45) is 1.14. The minimum atomic E-state index is -0.962. The molecule has 30 heavy (non-hydrogen) atoms. The Labute approximate surface area is 174 Å². The molecule has 0 saturated heterocycles. The van der Waals surface area contributed by atoms with Crippen molar-refractivity contribution >= 4 is 17.7 Å². The summed E-state index contributed by atoms with van der Waals surface area (Å²) in [6.45, 7) is 0.835. The molecular weight excluding hydrogens is 378 g/mol. The fourth-order valence-electron chi connectivity index (χ4n) is 4.59. The van der Waals surface area contributed by atoms with Gasteiger partial charge in [0.1, 0.15) is 6.61 Å². The van der Waals surface area contributed by atoms with E-state index in [-0.39, 0.29) is 24.2 Å². The quantitative estimate of drug-likeness (QED) is 0.666. The van der Waals surface area contributed by atoms with E-state index >= 15 is 0 Å². The van der Waals surface area contributed by atoms with Crippen LogP contribution in [0.2, 0.25) is 0 Å². The number of carbonyl (C=O) groups excluding carboxylic acids is 1. The fourth-order valence-corrected chi connectivity index (χ4v) is 4.59. The third-order valence-electron chi connectivity index (χ3n) is 6.00. The van der Waals surface area contributed by atoms with Crippen LogP contribution in [-0.4, -0.2) is 30.3 Å². The molecule has 5 nitrogen and oxygen atoms in total. The number of fused-ring (bicyclic) bond motifs is 4. The van der Waals surface area contributed by atoms with Crippen LogP contribution < -0.4 is 4.90 Å². The Morgan fingerprint density at radius 1 is 0.967 bits per heavy atom. The number of benzene rings is 3. The molecule has 5 heteroatoms. The number of amides is 1. The highest BCUT2D eigenvalue weighted by molar-refractivity contribution is 5.92. The van der Waals surface area contributed by atoms with Crippen LogP contribution >= 0.6 is 0 Å². The Morgan fingerprint density at radius 2 is 1.63 bits per heavy atom. The number of rotatable bonds is 3. The van der Waals surface area contributed by atoms with Crippen molar-refractivity contribution in [2.24, 2.45) is 0 Å². The molecule has 0 unspecified atom stereocenters. The lowest BCUT2D eigenvalue weighted by atomic mass is 9.98. The first-order valence-corrected chi connectivity index (χ1v) is 10.1. The summed E-state index contributed by atoms with van der Waals surface area (Å²) >= 11 is 0. The van der Waals surface area contributed by atoms with E-state index in [1.54, 1.807) is 17.0 Å². The minimum absolute atomic E-state index is 0.0139. The maximum Gasteiger partial charge on any atom is 0.414 e. The molecule has 0 atom stereocenters. The zero-order valence-corrected chi connectivity index (χ0v) is 16.4. The van der Waals surface area contributed by atoms with Gasteiger partial charge in [-0.1, -0.05) is 48.5 Å². The van der Waals surface area contributed by atoms with E-state index in [1.807, 2.05) is 24.3 Å². The summed E-state index contributed by atoms with van der Waals surface area (Å²) in [5.41, 5.74) is 6.59. The van der Waals surface area contributed by atoms with Crippen molar-refractivity contribution in [3.05, 3.63) is 89.0 Å². The fraction of sp³-hybridized carbons (Fsp3) is 0.200. The Balaban J connectivity index is 1.37. The predicted molar refractivity (Wildman–Crippen MR) is 114 cm³/mol. The molecule has 3 aromatic rings. The lowest BCUT2D eigenvalue weighted by molar-refractivity contribution is 0.0696. The smallest absolute Gasteiger partial charge is 0.414 e. The molecule has 1 aliphatic heterocycles. The number of carboxylic acids is 1. The van der Waals surface area contributed by atoms with Gasteiger partial charge in [0.15, 0.2) is 0 Å². The van der Waals surface area contributed by atoms with Gasteiger partial charge in [-0.2, -0.15) is 0 Å². The first-order valence-electron chi connectivity index (χ1n) is 10.1. The first kappa shape index (κ1) is 18.4. The van der Waals surface area contributed by atoms with Gasteiger partial charge >= 0.3 is 12.1 Å². The number of anilines is 1. The second kappa shape index (κ2) is 7.34. The summed E-state index contributed by atoms with van der Waals surface area (Å²) in [5, 5.41) is 9.22. The molecule has 5 rings (SSSR count). The number of ether oxygens (including phenoxy) is 1. The lowest BCUT2D eigenvalue weighted by Crippen LogP contribution is -2.36. The Bertz CT molecular complexity index is 1110. The van der Waals surface area contributed by atoms with Crippen LogP contribution in [0, 0.1) is 0 Å². The highest BCUT2D eigenvalue weighted by Crippen LogP contribution is 2.44. The number of hydrogen-bond donors (Lipinski definition) is 1. The average Bonchev–Trinajstić information content (AvgIpc) is 3.10. The van der Waals surface area contributed by atoms with Gasteiger partial charge in [0.2, 0.25) is 0 Å². The second-order valence-electron chi connectivity index (χ2n) is 7.71. The van der Waals surface area contributed by atoms with E-state index in [0.29, 0.717) is 6.54 Å². The zero-order chi connectivity index (χ0) is 20.7. The van der Waals surface area contributed by atoms with Crippen LogP contribution in [0.5, 0.6) is 0 Å². The van der Waals surface area contributed by atoms with Crippen molar-refractivity contribution in [2.45, 2.75) is 18.8 Å². The SMILES string of the molecule is O=C(O)c1ccc2c(c1)CCCN2C(=O)OCC1c2ccccc2-c2ccccc21. The molecule has 0 aromatic heterocycles. The molecule has 150 valence electrons. The van der Waals surface area contributed by atoms with Crippen molar-refractivity contribution in [1.82, 2.24) is 0 Å². The van der Waals surface area contributed by atoms with Gasteiger partial charge in [-0.05, 0) is 58.9 Å². The van der Waals surface area contributed by atoms with E-state index in [9.17, 15) is 14.7 Å². The topological polar surface area (TPSA) is 66.8 Å². The van der Waals surface area contributed by atoms with E-state index in [2.05, 4.69) is 24.3 Å². The lowest BCUT2D eigenvalue weighted by Gasteiger charge is -2.29. The maximum atomic E-state index is 12.9. The van der Waals surface area contributed by atoms with Gasteiger partial charge in [-0.15, -0.1) is 0 Å². The van der Waals surface area contributed by atoms with Crippen LogP contribution in [-0.2, 0) is 11.2 Å². The molecule has 0 spiro atoms. The van der Waals surface area contributed by atoms with Crippen LogP contribution in [0.4, 0.5) is 10.5 Å². The van der Waals surface area contributed by atoms with E-state index in [0.717, 1.165) is 24.1 Å². The molecule has 1 aliphatic carbocycles. The van der Waals surface area contributed by atoms with Crippen molar-refractivity contribution in [2.75, 3.05) is 18.1 Å². The number of carbonyl (C=O) groups is 2. The standard InChI is InChI=1S/C25H21NO4/c27-24(28)17-11-12-23-16(14-17)6-5-13-26(23)25(29)30-15-22-20-9-3-1-7-18(20)19-8-2-4-10-21(19)22/h1-4,7-12,14,22H,5-6,13,15H2,(H,27,28). The summed E-state index contributed by atoms with van der Waals surface area (Å²) in [4.78, 5) is 25.8. The molecule has 0 fully saturated rings. The largest absolute Gasteiger partial charge is 0.478 e. The van der Waals surface area contributed by atoms with Crippen LogP contribution in [0.1, 0.15) is 39.4 Å². The first-order chi connectivity index (χ1) is 14.6. The van der Waals surface area contributed by atoms with Gasteiger partial charge in [-0.3, -0.25) is 4.90 Å². The van der Waals surface area contributed by atoms with Gasteiger partial charge in [0.05, 0.1) is 11.3 Å². The van der Waals surface area contributed by atoms with E-state index < -0.39 is 5.97 Å². The van der Waals surface area contributed by atoms with Crippen LogP contribution in [0.25, 0.3) is 11.1 Å². The molecule has 0 bridgehead atoms. The normalized spacial score (nSPS) is 14.6. The number of hydrogen-bond acceptors (Lipinski definition) is 3. The highest BCUT2D eigenvalue weighted by Gasteiger charge is 2.31. The number of aromatic carboxylic acids is 1. The van der Waals surface area contributed by atoms with Crippen molar-refractivity contribution in [1.29, 1.82) is 0 Å². The average molecular weight is 399 g/mol. The molecule has 1 N–H and O–H groups in total. The maximum absolute atomic E-state index is 12.9. The van der Waals surface area contributed by atoms with Crippen molar-refractivity contribution < 1.29 is 19.4 Å². The van der Waals surface area contributed by atoms with Crippen molar-refractivity contribution in [3.8, 4) is 11.1 Å². The third-order valence-corrected chi connectivity index (χ3v) is 6.00. The number of carboxylic acid groups (broad SMARTS) is 1. The second-order valence-corrected chi connectivity index (χ2v) is 7.71. The third kappa shape index (κ3) is 3.03. The molecular formula is C25H21NO4. The molecule has 3 aromatic carbocycles. The van der Waals surface area contributed by atoms with Gasteiger partial charge in [-0.25, -0.2) is 9.59 Å². The molecule has 2 aliphatic rings. The Kier molecular flexibility index (Phi) is 4.51. The molecule has 0 saturated carbocycles. The highest BCUT2D eigenvalue weighted by atomic mass is 16.6. The molecule has 0 radical (unpaired) electrons. The number of aryl methyl sites for hydroxylation is 1. The summed E-state index contributed by atoms with van der Waals surface area (Å²) < 4.78 is 5.78. The van der Waals surface area contributed by atoms with Crippen LogP contribution in [0.15, 0.2) is 66.7 Å².